The molecule has 2 atom stereocenters. The molecule has 0 aromatic heterocycles. The Morgan fingerprint density at radius 2 is 2.16 bits per heavy atom. The summed E-state index contributed by atoms with van der Waals surface area (Å²) in [5, 5.41) is 0.437. The van der Waals surface area contributed by atoms with E-state index < -0.39 is 10.0 Å². The van der Waals surface area contributed by atoms with Gasteiger partial charge in [0, 0.05) is 24.2 Å². The third-order valence-corrected chi connectivity index (χ3v) is 5.94. The maximum Gasteiger partial charge on any atom is 0.243 e. The highest BCUT2D eigenvalue weighted by Gasteiger charge is 2.34. The second-order valence-corrected chi connectivity index (χ2v) is 7.52. The number of halogens is 1. The van der Waals surface area contributed by atoms with Crippen molar-refractivity contribution in [2.24, 2.45) is 11.7 Å². The normalized spacial score (nSPS) is 22.6. The first-order valence-electron chi connectivity index (χ1n) is 6.34. The van der Waals surface area contributed by atoms with Gasteiger partial charge < -0.3 is 5.73 Å². The van der Waals surface area contributed by atoms with Gasteiger partial charge in [0.2, 0.25) is 10.0 Å². The molecule has 0 bridgehead atoms. The lowest BCUT2D eigenvalue weighted by Crippen LogP contribution is -2.33. The highest BCUT2D eigenvalue weighted by Crippen LogP contribution is 2.28. The van der Waals surface area contributed by atoms with E-state index in [9.17, 15) is 8.42 Å². The Kier molecular flexibility index (Phi) is 4.20. The van der Waals surface area contributed by atoms with Gasteiger partial charge in [0.05, 0.1) is 4.90 Å². The van der Waals surface area contributed by atoms with Gasteiger partial charge in [0.1, 0.15) is 0 Å². The Balaban J connectivity index is 2.31. The molecule has 2 rings (SSSR count). The summed E-state index contributed by atoms with van der Waals surface area (Å²) in [5.41, 5.74) is 6.57. The zero-order chi connectivity index (χ0) is 14.2. The van der Waals surface area contributed by atoms with E-state index >= 15 is 0 Å². The Morgan fingerprint density at radius 3 is 2.74 bits per heavy atom. The topological polar surface area (TPSA) is 63.4 Å². The van der Waals surface area contributed by atoms with Gasteiger partial charge in [-0.2, -0.15) is 4.31 Å². The maximum atomic E-state index is 12.6. The van der Waals surface area contributed by atoms with Gasteiger partial charge in [-0.3, -0.25) is 0 Å². The number of rotatable bonds is 3. The molecule has 1 aliphatic rings. The minimum absolute atomic E-state index is 0.0145. The molecule has 1 saturated heterocycles. The van der Waals surface area contributed by atoms with E-state index in [4.69, 9.17) is 17.3 Å². The van der Waals surface area contributed by atoms with Crippen molar-refractivity contribution in [3.63, 3.8) is 0 Å². The van der Waals surface area contributed by atoms with E-state index in [-0.39, 0.29) is 12.0 Å². The fourth-order valence-corrected chi connectivity index (χ4v) is 4.39. The molecule has 106 valence electrons. The summed E-state index contributed by atoms with van der Waals surface area (Å²) < 4.78 is 26.7. The molecule has 0 radical (unpaired) electrons. The molecule has 1 aliphatic heterocycles. The average Bonchev–Trinajstić information content (AvgIpc) is 2.82. The molecule has 0 aliphatic carbocycles. The molecule has 0 spiro atoms. The minimum atomic E-state index is -3.46. The van der Waals surface area contributed by atoms with Crippen LogP contribution in [0, 0.1) is 12.8 Å². The van der Waals surface area contributed by atoms with E-state index in [1.165, 1.54) is 10.4 Å². The average molecular weight is 303 g/mol. The number of nitrogens with two attached hydrogens (primary N) is 1. The zero-order valence-electron chi connectivity index (χ0n) is 11.1. The van der Waals surface area contributed by atoms with Gasteiger partial charge in [-0.15, -0.1) is 0 Å². The van der Waals surface area contributed by atoms with Crippen molar-refractivity contribution >= 4 is 21.6 Å². The lowest BCUT2D eigenvalue weighted by atomic mass is 10.0. The Labute approximate surface area is 119 Å². The maximum absolute atomic E-state index is 12.6. The Bertz CT molecular complexity index is 572. The second kappa shape index (κ2) is 5.40. The molecular weight excluding hydrogens is 284 g/mol. The van der Waals surface area contributed by atoms with Gasteiger partial charge in [-0.05, 0) is 43.9 Å². The Hall–Kier alpha value is -0.620. The second-order valence-electron chi connectivity index (χ2n) is 5.18. The highest BCUT2D eigenvalue weighted by molar-refractivity contribution is 7.89. The SMILES string of the molecule is Cc1ccc(Cl)cc1S(=O)(=O)N1CCC(C(C)N)C1. The molecule has 1 heterocycles. The van der Waals surface area contributed by atoms with Crippen molar-refractivity contribution in [2.75, 3.05) is 13.1 Å². The van der Waals surface area contributed by atoms with Gasteiger partial charge in [0.15, 0.2) is 0 Å². The van der Waals surface area contributed by atoms with Crippen LogP contribution in [0.3, 0.4) is 0 Å². The number of hydrogen-bond acceptors (Lipinski definition) is 3. The van der Waals surface area contributed by atoms with Crippen molar-refractivity contribution in [3.05, 3.63) is 28.8 Å². The molecule has 6 heteroatoms. The van der Waals surface area contributed by atoms with Gasteiger partial charge >= 0.3 is 0 Å². The van der Waals surface area contributed by atoms with Crippen molar-refractivity contribution < 1.29 is 8.42 Å². The molecule has 4 nitrogen and oxygen atoms in total. The van der Waals surface area contributed by atoms with Crippen LogP contribution in [0.5, 0.6) is 0 Å². The molecule has 2 unspecified atom stereocenters. The number of aryl methyl sites for hydroxylation is 1. The van der Waals surface area contributed by atoms with Crippen molar-refractivity contribution in [2.45, 2.75) is 31.2 Å². The first-order valence-corrected chi connectivity index (χ1v) is 8.16. The number of hydrogen-bond donors (Lipinski definition) is 1. The highest BCUT2D eigenvalue weighted by atomic mass is 35.5. The predicted octanol–water partition coefficient (Wildman–Crippen LogP) is 2.01. The minimum Gasteiger partial charge on any atom is -0.328 e. The third kappa shape index (κ3) is 2.94. The summed E-state index contributed by atoms with van der Waals surface area (Å²) in [6, 6.07) is 4.96. The summed E-state index contributed by atoms with van der Waals surface area (Å²) in [4.78, 5) is 0.297. The van der Waals surface area contributed by atoms with Crippen molar-refractivity contribution in [1.82, 2.24) is 4.31 Å². The van der Waals surface area contributed by atoms with E-state index in [0.717, 1.165) is 6.42 Å². The third-order valence-electron chi connectivity index (χ3n) is 3.70. The van der Waals surface area contributed by atoms with Crippen LogP contribution in [0.1, 0.15) is 18.9 Å². The van der Waals surface area contributed by atoms with Crippen LogP contribution in [0.4, 0.5) is 0 Å². The summed E-state index contributed by atoms with van der Waals surface area (Å²) in [5.74, 6) is 0.231. The number of nitrogens with zero attached hydrogens (tertiary/aromatic N) is 1. The summed E-state index contributed by atoms with van der Waals surface area (Å²) in [6.45, 7) is 4.72. The van der Waals surface area contributed by atoms with Gasteiger partial charge in [-0.25, -0.2) is 8.42 Å². The lowest BCUT2D eigenvalue weighted by molar-refractivity contribution is 0.429. The predicted molar refractivity (Wildman–Crippen MR) is 76.7 cm³/mol. The molecule has 0 amide bonds. The van der Waals surface area contributed by atoms with Gasteiger partial charge in [-0.1, -0.05) is 17.7 Å². The molecular formula is C13H19ClN2O2S. The van der Waals surface area contributed by atoms with Crippen LogP contribution in [-0.2, 0) is 10.0 Å². The van der Waals surface area contributed by atoms with E-state index in [1.54, 1.807) is 19.1 Å². The summed E-state index contributed by atoms with van der Waals surface area (Å²) >= 11 is 5.91. The quantitative estimate of drug-likeness (QED) is 0.929. The van der Waals surface area contributed by atoms with E-state index in [1.807, 2.05) is 6.92 Å². The first kappa shape index (κ1) is 14.8. The smallest absolute Gasteiger partial charge is 0.243 e. The van der Waals surface area contributed by atoms with Crippen LogP contribution < -0.4 is 5.73 Å². The van der Waals surface area contributed by atoms with Crippen LogP contribution >= 0.6 is 11.6 Å². The number of sulfonamides is 1. The van der Waals surface area contributed by atoms with Crippen molar-refractivity contribution in [3.8, 4) is 0 Å². The molecule has 0 saturated carbocycles. The standard InChI is InChI=1S/C13H19ClN2O2S/c1-9-3-4-12(14)7-13(9)19(17,18)16-6-5-11(8-16)10(2)15/h3-4,7,10-11H,5-6,8,15H2,1-2H3. The molecule has 1 fully saturated rings. The fourth-order valence-electron chi connectivity index (χ4n) is 2.39. The van der Waals surface area contributed by atoms with E-state index in [2.05, 4.69) is 0 Å². The summed E-state index contributed by atoms with van der Waals surface area (Å²) in [7, 11) is -3.46. The molecule has 19 heavy (non-hydrogen) atoms. The molecule has 1 aromatic carbocycles. The first-order chi connectivity index (χ1) is 8.82. The largest absolute Gasteiger partial charge is 0.328 e. The number of benzene rings is 1. The zero-order valence-corrected chi connectivity index (χ0v) is 12.7. The van der Waals surface area contributed by atoms with Crippen LogP contribution in [0.2, 0.25) is 5.02 Å². The van der Waals surface area contributed by atoms with Gasteiger partial charge in [0.25, 0.3) is 0 Å². The summed E-state index contributed by atoms with van der Waals surface area (Å²) in [6.07, 6.45) is 0.816. The van der Waals surface area contributed by atoms with Crippen LogP contribution in [-0.4, -0.2) is 31.9 Å². The molecule has 2 N–H and O–H groups in total. The fraction of sp³-hybridized carbons (Fsp3) is 0.538. The Morgan fingerprint density at radius 1 is 1.47 bits per heavy atom. The lowest BCUT2D eigenvalue weighted by Gasteiger charge is -2.19. The van der Waals surface area contributed by atoms with Crippen LogP contribution in [0.15, 0.2) is 23.1 Å². The monoisotopic (exact) mass is 302 g/mol. The van der Waals surface area contributed by atoms with Crippen LogP contribution in [0.25, 0.3) is 0 Å². The molecule has 1 aromatic rings. The van der Waals surface area contributed by atoms with Crippen molar-refractivity contribution in [1.29, 1.82) is 0 Å². The van der Waals surface area contributed by atoms with E-state index in [0.29, 0.717) is 28.6 Å².